The third-order valence-corrected chi connectivity index (χ3v) is 3.93. The lowest BCUT2D eigenvalue weighted by Crippen LogP contribution is -2.39. The van der Waals surface area contributed by atoms with E-state index in [1.807, 2.05) is 0 Å². The van der Waals surface area contributed by atoms with Crippen LogP contribution in [0.25, 0.3) is 0 Å². The summed E-state index contributed by atoms with van der Waals surface area (Å²) in [6.45, 7) is 7.20. The summed E-state index contributed by atoms with van der Waals surface area (Å²) in [5, 5.41) is 3.44. The van der Waals surface area contributed by atoms with E-state index in [2.05, 4.69) is 37.4 Å². The lowest BCUT2D eigenvalue weighted by atomic mass is 9.80. The maximum Gasteiger partial charge on any atom is 0.0863 e. The molecule has 1 aromatic rings. The highest BCUT2D eigenvalue weighted by atomic mass is 16.5. The fourth-order valence-corrected chi connectivity index (χ4v) is 2.88. The van der Waals surface area contributed by atoms with Crippen molar-refractivity contribution in [2.75, 3.05) is 13.1 Å². The van der Waals surface area contributed by atoms with Crippen molar-refractivity contribution in [1.29, 1.82) is 0 Å². The van der Waals surface area contributed by atoms with Gasteiger partial charge in [0.05, 0.1) is 12.2 Å². The van der Waals surface area contributed by atoms with E-state index in [0.717, 1.165) is 19.7 Å². The summed E-state index contributed by atoms with van der Waals surface area (Å²) < 4.78 is 6.03. The van der Waals surface area contributed by atoms with Crippen LogP contribution in [0.2, 0.25) is 0 Å². The van der Waals surface area contributed by atoms with Gasteiger partial charge < -0.3 is 10.1 Å². The van der Waals surface area contributed by atoms with E-state index in [-0.39, 0.29) is 5.60 Å². The Morgan fingerprint density at radius 3 is 3.20 bits per heavy atom. The second-order valence-electron chi connectivity index (χ2n) is 4.93. The molecule has 1 N–H and O–H groups in total. The molecule has 2 atom stereocenters. The fourth-order valence-electron chi connectivity index (χ4n) is 2.88. The zero-order valence-electron chi connectivity index (χ0n) is 9.34. The van der Waals surface area contributed by atoms with Crippen LogP contribution < -0.4 is 5.32 Å². The van der Waals surface area contributed by atoms with Gasteiger partial charge in [-0.15, -0.1) is 0 Å². The summed E-state index contributed by atoms with van der Waals surface area (Å²) in [6, 6.07) is 6.60. The number of ether oxygens (including phenoxy) is 1. The minimum atomic E-state index is 0.0147. The van der Waals surface area contributed by atoms with Crippen LogP contribution in [0.5, 0.6) is 0 Å². The molecule has 1 saturated heterocycles. The second-order valence-corrected chi connectivity index (χ2v) is 4.93. The molecule has 1 unspecified atom stereocenters. The molecular weight excluding hydrogens is 186 g/mol. The van der Waals surface area contributed by atoms with Gasteiger partial charge in [-0.2, -0.15) is 0 Å². The van der Waals surface area contributed by atoms with E-state index in [4.69, 9.17) is 4.74 Å². The summed E-state index contributed by atoms with van der Waals surface area (Å²) in [5.74, 6) is 0.529. The molecule has 1 fully saturated rings. The second kappa shape index (κ2) is 3.06. The van der Waals surface area contributed by atoms with E-state index in [0.29, 0.717) is 5.92 Å². The third-order valence-electron chi connectivity index (χ3n) is 3.93. The van der Waals surface area contributed by atoms with Gasteiger partial charge in [-0.25, -0.2) is 0 Å². The topological polar surface area (TPSA) is 21.3 Å². The van der Waals surface area contributed by atoms with Gasteiger partial charge >= 0.3 is 0 Å². The Bertz CT molecular complexity index is 402. The van der Waals surface area contributed by atoms with Crippen molar-refractivity contribution in [3.8, 4) is 0 Å². The van der Waals surface area contributed by atoms with Crippen molar-refractivity contribution < 1.29 is 4.74 Å². The van der Waals surface area contributed by atoms with Crippen LogP contribution in [0.1, 0.15) is 29.5 Å². The smallest absolute Gasteiger partial charge is 0.0863 e. The number of aryl methyl sites for hydroxylation is 1. The Hall–Kier alpha value is -0.860. The Kier molecular flexibility index (Phi) is 1.91. The van der Waals surface area contributed by atoms with E-state index in [1.165, 1.54) is 16.7 Å². The average molecular weight is 203 g/mol. The molecule has 0 radical (unpaired) electrons. The van der Waals surface area contributed by atoms with E-state index < -0.39 is 0 Å². The number of hydrogen-bond acceptors (Lipinski definition) is 2. The molecule has 0 aliphatic carbocycles. The van der Waals surface area contributed by atoms with E-state index >= 15 is 0 Å². The average Bonchev–Trinajstić information content (AvgIpc) is 2.60. The van der Waals surface area contributed by atoms with Gasteiger partial charge in [-0.1, -0.05) is 18.2 Å². The third kappa shape index (κ3) is 1.25. The van der Waals surface area contributed by atoms with Gasteiger partial charge in [-0.3, -0.25) is 0 Å². The summed E-state index contributed by atoms with van der Waals surface area (Å²) in [5.41, 5.74) is 4.28. The monoisotopic (exact) mass is 203 g/mol. The Morgan fingerprint density at radius 2 is 2.33 bits per heavy atom. The van der Waals surface area contributed by atoms with Crippen LogP contribution in [-0.2, 0) is 11.3 Å². The molecule has 2 heteroatoms. The number of hydrogen-bond donors (Lipinski definition) is 1. The zero-order chi connectivity index (χ0) is 10.5. The van der Waals surface area contributed by atoms with Crippen LogP contribution in [0.3, 0.4) is 0 Å². The molecule has 0 amide bonds. The van der Waals surface area contributed by atoms with Crippen LogP contribution in [0, 0.1) is 6.92 Å². The fraction of sp³-hybridized carbons (Fsp3) is 0.538. The van der Waals surface area contributed by atoms with Crippen LogP contribution >= 0.6 is 0 Å². The summed E-state index contributed by atoms with van der Waals surface area (Å²) in [4.78, 5) is 0. The molecule has 0 spiro atoms. The zero-order valence-corrected chi connectivity index (χ0v) is 9.34. The molecule has 0 aromatic heterocycles. The highest BCUT2D eigenvalue weighted by Crippen LogP contribution is 2.41. The number of fused-ring (bicyclic) bond motifs is 3. The SMILES string of the molecule is Cc1cccc2c1CO[C@@]1(C)CNCC21. The van der Waals surface area contributed by atoms with Crippen molar-refractivity contribution in [2.45, 2.75) is 32.0 Å². The number of benzene rings is 1. The van der Waals surface area contributed by atoms with Crippen LogP contribution in [0.15, 0.2) is 18.2 Å². The molecule has 2 aliphatic heterocycles. The summed E-state index contributed by atoms with van der Waals surface area (Å²) in [6.07, 6.45) is 0. The predicted octanol–water partition coefficient (Wildman–Crippen LogP) is 1.97. The van der Waals surface area contributed by atoms with E-state index in [1.54, 1.807) is 0 Å². The lowest BCUT2D eigenvalue weighted by molar-refractivity contribution is -0.0520. The normalized spacial score (nSPS) is 33.6. The summed E-state index contributed by atoms with van der Waals surface area (Å²) in [7, 11) is 0. The molecule has 3 rings (SSSR count). The number of nitrogens with one attached hydrogen (secondary N) is 1. The first-order valence-corrected chi connectivity index (χ1v) is 5.64. The Morgan fingerprint density at radius 1 is 1.47 bits per heavy atom. The van der Waals surface area contributed by atoms with Crippen LogP contribution in [-0.4, -0.2) is 18.7 Å². The minimum Gasteiger partial charge on any atom is -0.369 e. The van der Waals surface area contributed by atoms with E-state index in [9.17, 15) is 0 Å². The van der Waals surface area contributed by atoms with Gasteiger partial charge in [0.2, 0.25) is 0 Å². The Balaban J connectivity index is 2.13. The van der Waals surface area contributed by atoms with Gasteiger partial charge in [0, 0.05) is 19.0 Å². The highest BCUT2D eigenvalue weighted by Gasteiger charge is 2.44. The molecule has 2 aliphatic rings. The first-order valence-electron chi connectivity index (χ1n) is 5.64. The first-order chi connectivity index (χ1) is 7.21. The maximum atomic E-state index is 6.03. The van der Waals surface area contributed by atoms with Crippen molar-refractivity contribution in [3.63, 3.8) is 0 Å². The molecule has 0 saturated carbocycles. The molecular formula is C13H17NO. The van der Waals surface area contributed by atoms with Crippen molar-refractivity contribution >= 4 is 0 Å². The minimum absolute atomic E-state index is 0.0147. The standard InChI is InChI=1S/C13H17NO/c1-9-4-3-5-10-11(9)7-15-13(2)8-14-6-12(10)13/h3-5,12,14H,6-8H2,1-2H3/t12?,13-/m0/s1. The van der Waals surface area contributed by atoms with Crippen molar-refractivity contribution in [2.24, 2.45) is 0 Å². The quantitative estimate of drug-likeness (QED) is 0.696. The van der Waals surface area contributed by atoms with Gasteiger partial charge in [0.15, 0.2) is 0 Å². The molecule has 15 heavy (non-hydrogen) atoms. The molecule has 1 aromatic carbocycles. The molecule has 80 valence electrons. The van der Waals surface area contributed by atoms with Gasteiger partial charge in [0.1, 0.15) is 0 Å². The first kappa shape index (κ1) is 9.37. The largest absolute Gasteiger partial charge is 0.369 e. The Labute approximate surface area is 90.6 Å². The maximum absolute atomic E-state index is 6.03. The molecule has 2 nitrogen and oxygen atoms in total. The van der Waals surface area contributed by atoms with Crippen LogP contribution in [0.4, 0.5) is 0 Å². The van der Waals surface area contributed by atoms with Crippen molar-refractivity contribution in [1.82, 2.24) is 5.32 Å². The highest BCUT2D eigenvalue weighted by molar-refractivity contribution is 5.40. The summed E-state index contributed by atoms with van der Waals surface area (Å²) >= 11 is 0. The predicted molar refractivity (Wildman–Crippen MR) is 60.0 cm³/mol. The lowest BCUT2D eigenvalue weighted by Gasteiger charge is -2.37. The number of rotatable bonds is 0. The van der Waals surface area contributed by atoms with Gasteiger partial charge in [-0.05, 0) is 30.5 Å². The van der Waals surface area contributed by atoms with Crippen molar-refractivity contribution in [3.05, 3.63) is 34.9 Å². The molecule has 2 heterocycles. The van der Waals surface area contributed by atoms with Gasteiger partial charge in [0.25, 0.3) is 0 Å². The molecule has 0 bridgehead atoms.